The molecule has 1 aliphatic rings. The van der Waals surface area contributed by atoms with E-state index in [2.05, 4.69) is 6.92 Å². The van der Waals surface area contributed by atoms with Crippen LogP contribution in [0.5, 0.6) is 11.5 Å². The molecule has 0 bridgehead atoms. The van der Waals surface area contributed by atoms with E-state index in [4.69, 9.17) is 9.47 Å². The average Bonchev–Trinajstić information content (AvgIpc) is 2.53. The molecule has 1 unspecified atom stereocenters. The molecule has 1 aromatic carbocycles. The first-order valence-electron chi connectivity index (χ1n) is 7.59. The number of aliphatic hydroxyl groups excluding tert-OH is 1. The second-order valence-electron chi connectivity index (χ2n) is 5.75. The standard InChI is InChI=1S/C17H26O3/c1-4-12-5-7-13(8-6-12)17(18)14-9-10-15(19-2)16(11-14)20-3/h9-13,17-18H,4-8H2,1-3H3. The fourth-order valence-corrected chi connectivity index (χ4v) is 3.22. The Morgan fingerprint density at radius 2 is 1.75 bits per heavy atom. The lowest BCUT2D eigenvalue weighted by molar-refractivity contribution is 0.0727. The summed E-state index contributed by atoms with van der Waals surface area (Å²) in [6.45, 7) is 2.26. The molecular weight excluding hydrogens is 252 g/mol. The molecule has 0 aromatic heterocycles. The Bertz CT molecular complexity index is 422. The molecule has 1 saturated carbocycles. The highest BCUT2D eigenvalue weighted by atomic mass is 16.5. The number of hydrogen-bond donors (Lipinski definition) is 1. The largest absolute Gasteiger partial charge is 0.493 e. The summed E-state index contributed by atoms with van der Waals surface area (Å²) in [6.07, 6.45) is 5.59. The van der Waals surface area contributed by atoms with Crippen LogP contribution in [0.1, 0.15) is 50.7 Å². The summed E-state index contributed by atoms with van der Waals surface area (Å²) in [5, 5.41) is 10.6. The van der Waals surface area contributed by atoms with E-state index < -0.39 is 6.10 Å². The normalized spacial score (nSPS) is 24.2. The van der Waals surface area contributed by atoms with Crippen LogP contribution in [0.15, 0.2) is 18.2 Å². The molecule has 3 nitrogen and oxygen atoms in total. The van der Waals surface area contributed by atoms with E-state index in [0.717, 1.165) is 24.3 Å². The summed E-state index contributed by atoms with van der Waals surface area (Å²) < 4.78 is 10.6. The van der Waals surface area contributed by atoms with Crippen LogP contribution in [-0.2, 0) is 0 Å². The zero-order chi connectivity index (χ0) is 14.5. The van der Waals surface area contributed by atoms with E-state index >= 15 is 0 Å². The van der Waals surface area contributed by atoms with E-state index in [1.54, 1.807) is 14.2 Å². The number of benzene rings is 1. The molecule has 0 saturated heterocycles. The Morgan fingerprint density at radius 3 is 2.30 bits per heavy atom. The average molecular weight is 278 g/mol. The van der Waals surface area contributed by atoms with Crippen LogP contribution in [0.4, 0.5) is 0 Å². The van der Waals surface area contributed by atoms with Gasteiger partial charge in [0.15, 0.2) is 11.5 Å². The van der Waals surface area contributed by atoms with Crippen LogP contribution in [0, 0.1) is 11.8 Å². The van der Waals surface area contributed by atoms with Crippen LogP contribution in [-0.4, -0.2) is 19.3 Å². The Morgan fingerprint density at radius 1 is 1.10 bits per heavy atom. The van der Waals surface area contributed by atoms with Crippen molar-refractivity contribution in [2.24, 2.45) is 11.8 Å². The topological polar surface area (TPSA) is 38.7 Å². The fourth-order valence-electron chi connectivity index (χ4n) is 3.22. The van der Waals surface area contributed by atoms with Crippen molar-refractivity contribution < 1.29 is 14.6 Å². The van der Waals surface area contributed by atoms with Gasteiger partial charge in [0.05, 0.1) is 20.3 Å². The smallest absolute Gasteiger partial charge is 0.161 e. The van der Waals surface area contributed by atoms with Crippen LogP contribution < -0.4 is 9.47 Å². The van der Waals surface area contributed by atoms with Gasteiger partial charge < -0.3 is 14.6 Å². The zero-order valence-corrected chi connectivity index (χ0v) is 12.8. The van der Waals surface area contributed by atoms with Crippen molar-refractivity contribution >= 4 is 0 Å². The summed E-state index contributed by atoms with van der Waals surface area (Å²) >= 11 is 0. The predicted molar refractivity (Wildman–Crippen MR) is 80.2 cm³/mol. The Kier molecular flexibility index (Phi) is 5.30. The summed E-state index contributed by atoms with van der Waals surface area (Å²) in [5.41, 5.74) is 0.933. The zero-order valence-electron chi connectivity index (χ0n) is 12.8. The molecule has 20 heavy (non-hydrogen) atoms. The van der Waals surface area contributed by atoms with Crippen LogP contribution in [0.3, 0.4) is 0 Å². The van der Waals surface area contributed by atoms with Gasteiger partial charge in [0.2, 0.25) is 0 Å². The van der Waals surface area contributed by atoms with Crippen molar-refractivity contribution in [3.8, 4) is 11.5 Å². The molecule has 0 aliphatic heterocycles. The van der Waals surface area contributed by atoms with Gasteiger partial charge in [-0.05, 0) is 42.4 Å². The van der Waals surface area contributed by atoms with Gasteiger partial charge in [0, 0.05) is 0 Å². The van der Waals surface area contributed by atoms with E-state index in [-0.39, 0.29) is 0 Å². The molecule has 1 N–H and O–H groups in total. The molecule has 3 heteroatoms. The Balaban J connectivity index is 2.07. The van der Waals surface area contributed by atoms with Crippen LogP contribution in [0.2, 0.25) is 0 Å². The van der Waals surface area contributed by atoms with Gasteiger partial charge in [-0.15, -0.1) is 0 Å². The van der Waals surface area contributed by atoms with Gasteiger partial charge in [0.25, 0.3) is 0 Å². The molecule has 112 valence electrons. The molecule has 1 atom stereocenters. The first kappa shape index (κ1) is 15.2. The first-order chi connectivity index (χ1) is 9.69. The number of aliphatic hydroxyl groups is 1. The van der Waals surface area contributed by atoms with Crippen molar-refractivity contribution in [3.63, 3.8) is 0 Å². The van der Waals surface area contributed by atoms with Gasteiger partial charge in [-0.25, -0.2) is 0 Å². The fraction of sp³-hybridized carbons (Fsp3) is 0.647. The highest BCUT2D eigenvalue weighted by Crippen LogP contribution is 2.39. The highest BCUT2D eigenvalue weighted by Gasteiger charge is 2.27. The van der Waals surface area contributed by atoms with Crippen molar-refractivity contribution in [2.45, 2.75) is 45.1 Å². The van der Waals surface area contributed by atoms with E-state index in [9.17, 15) is 5.11 Å². The van der Waals surface area contributed by atoms with Crippen molar-refractivity contribution in [2.75, 3.05) is 14.2 Å². The number of rotatable bonds is 5. The molecule has 2 rings (SSSR count). The van der Waals surface area contributed by atoms with Crippen LogP contribution in [0.25, 0.3) is 0 Å². The van der Waals surface area contributed by atoms with E-state index in [1.807, 2.05) is 18.2 Å². The lowest BCUT2D eigenvalue weighted by Gasteiger charge is -2.31. The summed E-state index contributed by atoms with van der Waals surface area (Å²) in [5.74, 6) is 2.61. The second-order valence-corrected chi connectivity index (χ2v) is 5.75. The Hall–Kier alpha value is -1.22. The lowest BCUT2D eigenvalue weighted by Crippen LogP contribution is -2.20. The van der Waals surface area contributed by atoms with Crippen molar-refractivity contribution in [3.05, 3.63) is 23.8 Å². The molecule has 0 heterocycles. The third-order valence-electron chi connectivity index (χ3n) is 4.66. The van der Waals surface area contributed by atoms with E-state index in [0.29, 0.717) is 17.4 Å². The minimum atomic E-state index is -0.396. The maximum absolute atomic E-state index is 10.6. The van der Waals surface area contributed by atoms with Gasteiger partial charge in [0.1, 0.15) is 0 Å². The minimum absolute atomic E-state index is 0.371. The second kappa shape index (κ2) is 6.98. The summed E-state index contributed by atoms with van der Waals surface area (Å²) in [7, 11) is 3.25. The molecule has 0 radical (unpaired) electrons. The molecular formula is C17H26O3. The third kappa shape index (κ3) is 3.26. The van der Waals surface area contributed by atoms with Gasteiger partial charge >= 0.3 is 0 Å². The maximum Gasteiger partial charge on any atom is 0.161 e. The minimum Gasteiger partial charge on any atom is -0.493 e. The number of methoxy groups -OCH3 is 2. The quantitative estimate of drug-likeness (QED) is 0.886. The van der Waals surface area contributed by atoms with Crippen molar-refractivity contribution in [1.82, 2.24) is 0 Å². The third-order valence-corrected chi connectivity index (χ3v) is 4.66. The molecule has 1 fully saturated rings. The van der Waals surface area contributed by atoms with Gasteiger partial charge in [-0.3, -0.25) is 0 Å². The summed E-state index contributed by atoms with van der Waals surface area (Å²) in [6, 6.07) is 5.71. The number of ether oxygens (including phenoxy) is 2. The highest BCUT2D eigenvalue weighted by molar-refractivity contribution is 5.43. The van der Waals surface area contributed by atoms with Gasteiger partial charge in [-0.1, -0.05) is 32.3 Å². The predicted octanol–water partition coefficient (Wildman–Crippen LogP) is 3.95. The molecule has 0 amide bonds. The summed E-state index contributed by atoms with van der Waals surface area (Å²) in [4.78, 5) is 0. The van der Waals surface area contributed by atoms with Crippen molar-refractivity contribution in [1.29, 1.82) is 0 Å². The monoisotopic (exact) mass is 278 g/mol. The number of hydrogen-bond acceptors (Lipinski definition) is 3. The lowest BCUT2D eigenvalue weighted by atomic mass is 9.77. The SMILES string of the molecule is CCC1CCC(C(O)c2ccc(OC)c(OC)c2)CC1. The van der Waals surface area contributed by atoms with Gasteiger partial charge in [-0.2, -0.15) is 0 Å². The first-order valence-corrected chi connectivity index (χ1v) is 7.59. The molecule has 1 aromatic rings. The van der Waals surface area contributed by atoms with E-state index in [1.165, 1.54) is 19.3 Å². The van der Waals surface area contributed by atoms with Crippen LogP contribution >= 0.6 is 0 Å². The Labute approximate surface area is 121 Å². The molecule has 1 aliphatic carbocycles. The maximum atomic E-state index is 10.6. The molecule has 0 spiro atoms.